The molecule has 3 aromatic rings. The maximum Gasteiger partial charge on any atom is 0.274 e. The molecule has 0 atom stereocenters. The Kier molecular flexibility index (Phi) is 6.20. The second kappa shape index (κ2) is 9.37. The quantitative estimate of drug-likeness (QED) is 0.353. The number of morpholine rings is 1. The summed E-state index contributed by atoms with van der Waals surface area (Å²) < 4.78 is 19.6. The summed E-state index contributed by atoms with van der Waals surface area (Å²) in [6.07, 6.45) is 1.06. The van der Waals surface area contributed by atoms with E-state index in [2.05, 4.69) is 25.5 Å². The largest absolute Gasteiger partial charge is 0.378 e. The molecule has 1 fully saturated rings. The number of halogens is 1. The third-order valence-corrected chi connectivity index (χ3v) is 4.73. The lowest BCUT2D eigenvalue weighted by atomic mass is 10.2. The van der Waals surface area contributed by atoms with Crippen molar-refractivity contribution in [3.05, 3.63) is 66.1 Å². The Morgan fingerprint density at radius 3 is 2.58 bits per heavy atom. The van der Waals surface area contributed by atoms with Gasteiger partial charge in [0, 0.05) is 35.7 Å². The summed E-state index contributed by atoms with van der Waals surface area (Å²) in [5.41, 5.74) is 4.06. The van der Waals surface area contributed by atoms with E-state index >= 15 is 0 Å². The highest BCUT2D eigenvalue weighted by Crippen LogP contribution is 2.23. The second-order valence-corrected chi connectivity index (χ2v) is 6.81. The Morgan fingerprint density at radius 2 is 1.84 bits per heavy atom. The lowest BCUT2D eigenvalue weighted by Crippen LogP contribution is -2.36. The highest BCUT2D eigenvalue weighted by molar-refractivity contribution is 5.94. The summed E-state index contributed by atoms with van der Waals surface area (Å²) in [5, 5.41) is 14.6. The first-order chi connectivity index (χ1) is 15.1. The molecule has 2 aromatic carbocycles. The number of hydroxylamine groups is 1. The third-order valence-electron chi connectivity index (χ3n) is 4.73. The lowest BCUT2D eigenvalue weighted by Gasteiger charge is -2.28. The van der Waals surface area contributed by atoms with E-state index in [1.165, 1.54) is 12.1 Å². The standard InChI is InChI=1S/C21H21FN6O3/c22-18-13-23-21(25-15-4-6-17(7-5-15)28-8-10-31-11-9-28)26-19(18)24-16-3-1-2-14(12-16)20(29)27-30/h1-7,12-13,30H,8-11H2,(H,27,29)(H2,23,24,25,26). The molecule has 0 bridgehead atoms. The van der Waals surface area contributed by atoms with Crippen LogP contribution in [0.2, 0.25) is 0 Å². The zero-order chi connectivity index (χ0) is 21.6. The van der Waals surface area contributed by atoms with Crippen molar-refractivity contribution < 1.29 is 19.1 Å². The number of aromatic nitrogens is 2. The van der Waals surface area contributed by atoms with Gasteiger partial charge in [-0.05, 0) is 42.5 Å². The van der Waals surface area contributed by atoms with Gasteiger partial charge in [-0.25, -0.2) is 14.9 Å². The minimum atomic E-state index is -0.672. The van der Waals surface area contributed by atoms with Gasteiger partial charge in [0.1, 0.15) is 0 Å². The topological polar surface area (TPSA) is 112 Å². The molecule has 1 saturated heterocycles. The van der Waals surface area contributed by atoms with Crippen molar-refractivity contribution in [1.29, 1.82) is 0 Å². The van der Waals surface area contributed by atoms with E-state index in [-0.39, 0.29) is 17.3 Å². The van der Waals surface area contributed by atoms with Crippen molar-refractivity contribution in [3.63, 3.8) is 0 Å². The van der Waals surface area contributed by atoms with Gasteiger partial charge in [-0.1, -0.05) is 6.07 Å². The van der Waals surface area contributed by atoms with Gasteiger partial charge in [-0.3, -0.25) is 10.0 Å². The number of benzene rings is 2. The molecule has 4 N–H and O–H groups in total. The first kappa shape index (κ1) is 20.5. The fraction of sp³-hybridized carbons (Fsp3) is 0.190. The molecule has 1 aliphatic heterocycles. The Labute approximate surface area is 177 Å². The first-order valence-electron chi connectivity index (χ1n) is 9.66. The van der Waals surface area contributed by atoms with Crippen LogP contribution in [0.4, 0.5) is 33.2 Å². The lowest BCUT2D eigenvalue weighted by molar-refractivity contribution is 0.0706. The maximum absolute atomic E-state index is 14.2. The molecule has 0 radical (unpaired) electrons. The summed E-state index contributed by atoms with van der Waals surface area (Å²) in [6.45, 7) is 3.13. The molecular weight excluding hydrogens is 403 g/mol. The molecule has 2 heterocycles. The number of carbonyl (C=O) groups excluding carboxylic acids is 1. The van der Waals surface area contributed by atoms with E-state index in [0.29, 0.717) is 18.9 Å². The van der Waals surface area contributed by atoms with E-state index in [1.807, 2.05) is 24.3 Å². The van der Waals surface area contributed by atoms with Crippen LogP contribution in [0.25, 0.3) is 0 Å². The van der Waals surface area contributed by atoms with Gasteiger partial charge in [-0.2, -0.15) is 4.98 Å². The van der Waals surface area contributed by atoms with Crippen molar-refractivity contribution in [1.82, 2.24) is 15.4 Å². The van der Waals surface area contributed by atoms with Crippen LogP contribution in [0, 0.1) is 5.82 Å². The van der Waals surface area contributed by atoms with E-state index in [4.69, 9.17) is 9.94 Å². The van der Waals surface area contributed by atoms with Gasteiger partial charge in [0.15, 0.2) is 11.6 Å². The van der Waals surface area contributed by atoms with Gasteiger partial charge in [-0.15, -0.1) is 0 Å². The number of rotatable bonds is 6. The highest BCUT2D eigenvalue weighted by atomic mass is 19.1. The van der Waals surface area contributed by atoms with Crippen molar-refractivity contribution in [3.8, 4) is 0 Å². The predicted molar refractivity (Wildman–Crippen MR) is 114 cm³/mol. The molecule has 1 aromatic heterocycles. The zero-order valence-electron chi connectivity index (χ0n) is 16.5. The minimum absolute atomic E-state index is 0.0519. The van der Waals surface area contributed by atoms with Crippen LogP contribution in [0.15, 0.2) is 54.7 Å². The Balaban J connectivity index is 1.47. The molecule has 0 aliphatic carbocycles. The van der Waals surface area contributed by atoms with Crippen molar-refractivity contribution in [2.75, 3.05) is 41.8 Å². The number of ether oxygens (including phenoxy) is 1. The van der Waals surface area contributed by atoms with Gasteiger partial charge in [0.05, 0.1) is 19.4 Å². The van der Waals surface area contributed by atoms with Crippen molar-refractivity contribution in [2.24, 2.45) is 0 Å². The number of nitrogens with zero attached hydrogens (tertiary/aromatic N) is 3. The number of nitrogens with one attached hydrogen (secondary N) is 3. The van der Waals surface area contributed by atoms with Crippen LogP contribution < -0.4 is 21.0 Å². The fourth-order valence-corrected chi connectivity index (χ4v) is 3.16. The van der Waals surface area contributed by atoms with Crippen LogP contribution in [0.5, 0.6) is 0 Å². The summed E-state index contributed by atoms with van der Waals surface area (Å²) in [6, 6.07) is 14.0. The molecule has 31 heavy (non-hydrogen) atoms. The summed E-state index contributed by atoms with van der Waals surface area (Å²) >= 11 is 0. The number of hydrogen-bond acceptors (Lipinski definition) is 8. The van der Waals surface area contributed by atoms with Crippen LogP contribution in [-0.4, -0.2) is 47.4 Å². The Hall–Kier alpha value is -3.76. The molecular formula is C21H21FN6O3. The average molecular weight is 424 g/mol. The molecule has 0 unspecified atom stereocenters. The van der Waals surface area contributed by atoms with E-state index in [1.54, 1.807) is 17.6 Å². The number of anilines is 5. The van der Waals surface area contributed by atoms with Gasteiger partial charge in [0.2, 0.25) is 5.95 Å². The predicted octanol–water partition coefficient (Wildman–Crippen LogP) is 3.06. The Bertz CT molecular complexity index is 1060. The molecule has 9 nitrogen and oxygen atoms in total. The van der Waals surface area contributed by atoms with Gasteiger partial charge < -0.3 is 20.3 Å². The molecule has 160 valence electrons. The third kappa shape index (κ3) is 5.05. The number of hydrogen-bond donors (Lipinski definition) is 4. The van der Waals surface area contributed by atoms with E-state index in [0.717, 1.165) is 30.7 Å². The van der Waals surface area contributed by atoms with E-state index in [9.17, 15) is 9.18 Å². The first-order valence-corrected chi connectivity index (χ1v) is 9.66. The van der Waals surface area contributed by atoms with E-state index < -0.39 is 11.7 Å². The summed E-state index contributed by atoms with van der Waals surface area (Å²) in [5.74, 6) is -1.16. The molecule has 10 heteroatoms. The van der Waals surface area contributed by atoms with Crippen LogP contribution >= 0.6 is 0 Å². The normalized spacial score (nSPS) is 13.5. The highest BCUT2D eigenvalue weighted by Gasteiger charge is 2.12. The average Bonchev–Trinajstić information content (AvgIpc) is 2.82. The molecule has 1 amide bonds. The van der Waals surface area contributed by atoms with Gasteiger partial charge in [0.25, 0.3) is 5.91 Å². The summed E-state index contributed by atoms with van der Waals surface area (Å²) in [4.78, 5) is 22.0. The van der Waals surface area contributed by atoms with Crippen LogP contribution in [0.3, 0.4) is 0 Å². The minimum Gasteiger partial charge on any atom is -0.378 e. The van der Waals surface area contributed by atoms with Crippen molar-refractivity contribution >= 4 is 34.7 Å². The maximum atomic E-state index is 14.2. The number of amides is 1. The van der Waals surface area contributed by atoms with Crippen LogP contribution in [-0.2, 0) is 4.74 Å². The monoisotopic (exact) mass is 424 g/mol. The summed E-state index contributed by atoms with van der Waals surface area (Å²) in [7, 11) is 0. The Morgan fingerprint density at radius 1 is 1.06 bits per heavy atom. The van der Waals surface area contributed by atoms with Crippen LogP contribution in [0.1, 0.15) is 10.4 Å². The zero-order valence-corrected chi connectivity index (χ0v) is 16.5. The van der Waals surface area contributed by atoms with Gasteiger partial charge >= 0.3 is 0 Å². The SMILES string of the molecule is O=C(NO)c1cccc(Nc2nc(Nc3ccc(N4CCOCC4)cc3)ncc2F)c1. The molecule has 0 saturated carbocycles. The second-order valence-electron chi connectivity index (χ2n) is 6.81. The molecule has 4 rings (SSSR count). The van der Waals surface area contributed by atoms with Crippen molar-refractivity contribution in [2.45, 2.75) is 0 Å². The molecule has 0 spiro atoms. The fourth-order valence-electron chi connectivity index (χ4n) is 3.16. The molecule has 1 aliphatic rings. The smallest absolute Gasteiger partial charge is 0.274 e. The number of carbonyl (C=O) groups is 1.